The lowest BCUT2D eigenvalue weighted by atomic mass is 9.96. The van der Waals surface area contributed by atoms with Crippen molar-refractivity contribution in [3.63, 3.8) is 0 Å². The van der Waals surface area contributed by atoms with E-state index in [4.69, 9.17) is 0 Å². The molecule has 0 N–H and O–H groups in total. The molecule has 0 aliphatic heterocycles. The molecule has 0 bridgehead atoms. The SMILES string of the molecule is c1ccc(-c2ccc(N(c3ccccc3)c3c(-c4ccc5c(c4)c4ccccc4n5-c4ccccc4)ccc4sc5ccccc5c34)cc2)cc1. The highest BCUT2D eigenvalue weighted by Gasteiger charge is 2.24. The number of benzene rings is 8. The fourth-order valence-electron chi connectivity index (χ4n) is 7.68. The minimum atomic E-state index is 1.12. The van der Waals surface area contributed by atoms with Crippen LogP contribution in [-0.4, -0.2) is 4.57 Å². The van der Waals surface area contributed by atoms with Crippen LogP contribution in [0.5, 0.6) is 0 Å². The monoisotopic (exact) mass is 668 g/mol. The van der Waals surface area contributed by atoms with Gasteiger partial charge in [-0.25, -0.2) is 0 Å². The average molecular weight is 669 g/mol. The van der Waals surface area contributed by atoms with Crippen molar-refractivity contribution in [2.45, 2.75) is 0 Å². The standard InChI is InChI=1S/C48H32N2S/c1-4-14-33(15-5-1)34-24-27-38(28-25-34)49(36-16-6-2-7-17-36)48-39(29-31-46-47(48)41-21-11-13-23-45(41)51-46)35-26-30-44-42(32-35)40-20-10-12-22-43(40)50(44)37-18-8-3-9-19-37/h1-32H. The summed E-state index contributed by atoms with van der Waals surface area (Å²) >= 11 is 1.86. The Morgan fingerprint density at radius 3 is 1.76 bits per heavy atom. The lowest BCUT2D eigenvalue weighted by Crippen LogP contribution is -2.11. The first-order chi connectivity index (χ1) is 25.3. The first-order valence-corrected chi connectivity index (χ1v) is 18.2. The second kappa shape index (κ2) is 12.2. The molecule has 240 valence electrons. The number of fused-ring (bicyclic) bond motifs is 6. The number of anilines is 3. The zero-order valence-electron chi connectivity index (χ0n) is 27.8. The number of aromatic nitrogens is 1. The lowest BCUT2D eigenvalue weighted by molar-refractivity contribution is 1.18. The summed E-state index contributed by atoms with van der Waals surface area (Å²) in [6.45, 7) is 0. The van der Waals surface area contributed by atoms with Crippen molar-refractivity contribution in [3.05, 3.63) is 194 Å². The van der Waals surface area contributed by atoms with E-state index >= 15 is 0 Å². The zero-order valence-corrected chi connectivity index (χ0v) is 28.6. The molecule has 0 aliphatic carbocycles. The highest BCUT2D eigenvalue weighted by atomic mass is 32.1. The predicted octanol–water partition coefficient (Wildman–Crippen LogP) is 14.0. The van der Waals surface area contributed by atoms with Gasteiger partial charge in [-0.3, -0.25) is 0 Å². The van der Waals surface area contributed by atoms with Crippen LogP contribution >= 0.6 is 11.3 Å². The molecule has 51 heavy (non-hydrogen) atoms. The van der Waals surface area contributed by atoms with Crippen LogP contribution in [0.2, 0.25) is 0 Å². The van der Waals surface area contributed by atoms with Gasteiger partial charge in [0.25, 0.3) is 0 Å². The van der Waals surface area contributed by atoms with Crippen LogP contribution < -0.4 is 4.90 Å². The van der Waals surface area contributed by atoms with Gasteiger partial charge in [-0.1, -0.05) is 127 Å². The Bertz CT molecular complexity index is 2830. The molecular formula is C48H32N2S. The Kier molecular flexibility index (Phi) is 7.04. The molecule has 2 heterocycles. The highest BCUT2D eigenvalue weighted by molar-refractivity contribution is 7.26. The number of rotatable bonds is 6. The fourth-order valence-corrected chi connectivity index (χ4v) is 8.79. The summed E-state index contributed by atoms with van der Waals surface area (Å²) in [5, 5.41) is 5.04. The number of hydrogen-bond donors (Lipinski definition) is 0. The number of hydrogen-bond acceptors (Lipinski definition) is 2. The molecule has 0 spiro atoms. The topological polar surface area (TPSA) is 8.17 Å². The van der Waals surface area contributed by atoms with Gasteiger partial charge < -0.3 is 9.47 Å². The lowest BCUT2D eigenvalue weighted by Gasteiger charge is -2.29. The van der Waals surface area contributed by atoms with E-state index in [1.165, 1.54) is 69.9 Å². The maximum Gasteiger partial charge on any atom is 0.0633 e. The van der Waals surface area contributed by atoms with Crippen molar-refractivity contribution in [3.8, 4) is 27.9 Å². The van der Waals surface area contributed by atoms with E-state index in [2.05, 4.69) is 204 Å². The van der Waals surface area contributed by atoms with E-state index in [0.717, 1.165) is 17.1 Å². The van der Waals surface area contributed by atoms with Gasteiger partial charge in [-0.2, -0.15) is 0 Å². The molecular weight excluding hydrogens is 637 g/mol. The molecule has 8 aromatic carbocycles. The molecule has 0 atom stereocenters. The summed E-state index contributed by atoms with van der Waals surface area (Å²) in [5.74, 6) is 0. The Labute approximate surface area is 300 Å². The minimum absolute atomic E-state index is 1.12. The van der Waals surface area contributed by atoms with Crippen molar-refractivity contribution in [2.24, 2.45) is 0 Å². The van der Waals surface area contributed by atoms with Crippen molar-refractivity contribution < 1.29 is 0 Å². The molecule has 0 unspecified atom stereocenters. The molecule has 3 heteroatoms. The Hall–Kier alpha value is -6.42. The van der Waals surface area contributed by atoms with E-state index in [1.54, 1.807) is 0 Å². The molecule has 2 nitrogen and oxygen atoms in total. The van der Waals surface area contributed by atoms with Gasteiger partial charge in [0, 0.05) is 53.6 Å². The zero-order chi connectivity index (χ0) is 33.7. The van der Waals surface area contributed by atoms with Crippen LogP contribution in [0.4, 0.5) is 17.1 Å². The number of thiophene rings is 1. The third kappa shape index (κ3) is 4.93. The van der Waals surface area contributed by atoms with Gasteiger partial charge in [-0.05, 0) is 83.4 Å². The molecule has 10 aromatic rings. The summed E-state index contributed by atoms with van der Waals surface area (Å²) in [6, 6.07) is 70.4. The van der Waals surface area contributed by atoms with Crippen LogP contribution in [0.3, 0.4) is 0 Å². The molecule has 10 rings (SSSR count). The van der Waals surface area contributed by atoms with E-state index in [9.17, 15) is 0 Å². The molecule has 0 radical (unpaired) electrons. The first-order valence-electron chi connectivity index (χ1n) is 17.4. The second-order valence-corrected chi connectivity index (χ2v) is 14.0. The van der Waals surface area contributed by atoms with Gasteiger partial charge in [0.2, 0.25) is 0 Å². The van der Waals surface area contributed by atoms with Gasteiger partial charge >= 0.3 is 0 Å². The molecule has 0 fully saturated rings. The van der Waals surface area contributed by atoms with Crippen LogP contribution in [0.25, 0.3) is 69.9 Å². The fraction of sp³-hybridized carbons (Fsp3) is 0. The smallest absolute Gasteiger partial charge is 0.0633 e. The Balaban J connectivity index is 1.26. The van der Waals surface area contributed by atoms with Crippen LogP contribution in [0.1, 0.15) is 0 Å². The van der Waals surface area contributed by atoms with E-state index in [-0.39, 0.29) is 0 Å². The number of para-hydroxylation sites is 3. The minimum Gasteiger partial charge on any atom is -0.309 e. The maximum atomic E-state index is 2.46. The van der Waals surface area contributed by atoms with Gasteiger partial charge in [0.15, 0.2) is 0 Å². The number of nitrogens with zero attached hydrogens (tertiary/aromatic N) is 2. The van der Waals surface area contributed by atoms with Gasteiger partial charge in [0.1, 0.15) is 0 Å². The molecule has 2 aromatic heterocycles. The van der Waals surface area contributed by atoms with Crippen molar-refractivity contribution in [1.29, 1.82) is 0 Å². The van der Waals surface area contributed by atoms with Crippen LogP contribution in [-0.2, 0) is 0 Å². The van der Waals surface area contributed by atoms with Crippen LogP contribution in [0.15, 0.2) is 194 Å². The third-order valence-corrected chi connectivity index (χ3v) is 11.1. The Morgan fingerprint density at radius 2 is 0.980 bits per heavy atom. The summed E-state index contributed by atoms with van der Waals surface area (Å²) in [4.78, 5) is 2.46. The highest BCUT2D eigenvalue weighted by Crippen LogP contribution is 2.50. The normalized spacial score (nSPS) is 11.5. The van der Waals surface area contributed by atoms with Crippen molar-refractivity contribution >= 4 is 70.4 Å². The summed E-state index contributed by atoms with van der Waals surface area (Å²) < 4.78 is 4.95. The van der Waals surface area contributed by atoms with Crippen molar-refractivity contribution in [1.82, 2.24) is 4.57 Å². The quantitative estimate of drug-likeness (QED) is 0.171. The van der Waals surface area contributed by atoms with Crippen LogP contribution in [0, 0.1) is 0 Å². The molecule has 0 aliphatic rings. The average Bonchev–Trinajstić information content (AvgIpc) is 3.75. The molecule has 0 saturated heterocycles. The summed E-state index contributed by atoms with van der Waals surface area (Å²) in [6.07, 6.45) is 0. The largest absolute Gasteiger partial charge is 0.309 e. The van der Waals surface area contributed by atoms with E-state index in [0.29, 0.717) is 0 Å². The summed E-state index contributed by atoms with van der Waals surface area (Å²) in [7, 11) is 0. The predicted molar refractivity (Wildman–Crippen MR) is 219 cm³/mol. The van der Waals surface area contributed by atoms with E-state index < -0.39 is 0 Å². The van der Waals surface area contributed by atoms with Crippen molar-refractivity contribution in [2.75, 3.05) is 4.90 Å². The van der Waals surface area contributed by atoms with E-state index in [1.807, 2.05) is 11.3 Å². The third-order valence-electron chi connectivity index (χ3n) is 9.98. The molecule has 0 amide bonds. The summed E-state index contributed by atoms with van der Waals surface area (Å²) in [5.41, 5.74) is 11.8. The first kappa shape index (κ1) is 29.5. The second-order valence-electron chi connectivity index (χ2n) is 12.9. The maximum absolute atomic E-state index is 2.46. The Morgan fingerprint density at radius 1 is 0.392 bits per heavy atom. The molecule has 0 saturated carbocycles. The van der Waals surface area contributed by atoms with Gasteiger partial charge in [0.05, 0.1) is 16.7 Å². The van der Waals surface area contributed by atoms with Gasteiger partial charge in [-0.15, -0.1) is 11.3 Å².